The van der Waals surface area contributed by atoms with Gasteiger partial charge in [-0.1, -0.05) is 23.2 Å². The van der Waals surface area contributed by atoms with Crippen LogP contribution in [0.2, 0.25) is 10.0 Å². The summed E-state index contributed by atoms with van der Waals surface area (Å²) in [6.07, 6.45) is 2.00. The topological polar surface area (TPSA) is 17.3 Å². The Hall–Kier alpha value is -0.740. The van der Waals surface area contributed by atoms with Crippen LogP contribution < -0.4 is 0 Å². The summed E-state index contributed by atoms with van der Waals surface area (Å²) in [5.74, 6) is 0. The Morgan fingerprint density at radius 1 is 1.28 bits per heavy atom. The molecule has 0 amide bonds. The lowest BCUT2D eigenvalue weighted by Crippen LogP contribution is -1.80. The number of fused-ring (bicyclic) bond motifs is 1. The number of imidazole rings is 1. The van der Waals surface area contributed by atoms with Crippen LogP contribution in [-0.4, -0.2) is 9.38 Å². The number of nitrogens with zero attached hydrogens (tertiary/aromatic N) is 2. The molecule has 0 aliphatic heterocycles. The molecule has 0 unspecified atom stereocenters. The second-order valence-electron chi connectivity index (χ2n) is 3.78. The molecule has 0 saturated heterocycles. The van der Waals surface area contributed by atoms with E-state index in [1.165, 1.54) is 5.69 Å². The number of halogens is 3. The van der Waals surface area contributed by atoms with Crippen molar-refractivity contribution in [1.82, 2.24) is 9.38 Å². The quantitative estimate of drug-likeness (QED) is 0.610. The lowest BCUT2D eigenvalue weighted by Gasteiger charge is -2.00. The summed E-state index contributed by atoms with van der Waals surface area (Å²) in [7, 11) is 0. The van der Waals surface area contributed by atoms with E-state index in [0.29, 0.717) is 10.0 Å². The third-order valence-electron chi connectivity index (χ3n) is 2.60. The third-order valence-corrected chi connectivity index (χ3v) is 4.10. The second kappa shape index (κ2) is 5.10. The van der Waals surface area contributed by atoms with Gasteiger partial charge in [0.05, 0.1) is 10.7 Å². The van der Waals surface area contributed by atoms with Crippen molar-refractivity contribution in [1.29, 1.82) is 0 Å². The fraction of sp³-hybridized carbons (Fsp3) is 0.0833. The molecule has 3 aromatic rings. The Morgan fingerprint density at radius 3 is 2.72 bits per heavy atom. The van der Waals surface area contributed by atoms with Gasteiger partial charge in [-0.3, -0.25) is 4.40 Å². The third kappa shape index (κ3) is 2.24. The Kier molecular flexibility index (Phi) is 3.87. The van der Waals surface area contributed by atoms with Gasteiger partial charge in [0.1, 0.15) is 0 Å². The molecule has 0 N–H and O–H groups in total. The van der Waals surface area contributed by atoms with E-state index in [4.69, 9.17) is 23.2 Å². The normalized spacial score (nSPS) is 10.6. The number of thiazole rings is 1. The molecule has 0 spiro atoms. The number of aromatic nitrogens is 2. The lowest BCUT2D eigenvalue weighted by molar-refractivity contribution is 1.13. The number of hydrogen-bond donors (Lipinski definition) is 0. The predicted octanol–water partition coefficient (Wildman–Crippen LogP) is 5.10. The largest absolute Gasteiger partial charge is 0.294 e. The molecule has 2 nitrogen and oxygen atoms in total. The Bertz CT molecular complexity index is 702. The van der Waals surface area contributed by atoms with Gasteiger partial charge in [0.25, 0.3) is 0 Å². The summed E-state index contributed by atoms with van der Waals surface area (Å²) in [6.45, 7) is 2.05. The van der Waals surface area contributed by atoms with Crippen molar-refractivity contribution < 1.29 is 0 Å². The van der Waals surface area contributed by atoms with Gasteiger partial charge in [0.2, 0.25) is 0 Å². The highest BCUT2D eigenvalue weighted by molar-refractivity contribution is 7.15. The van der Waals surface area contributed by atoms with E-state index < -0.39 is 0 Å². The zero-order valence-corrected chi connectivity index (χ0v) is 12.5. The molecule has 0 fully saturated rings. The summed E-state index contributed by atoms with van der Waals surface area (Å²) < 4.78 is 2.06. The van der Waals surface area contributed by atoms with E-state index in [2.05, 4.69) is 21.7 Å². The monoisotopic (exact) mass is 318 g/mol. The van der Waals surface area contributed by atoms with Crippen LogP contribution in [0.15, 0.2) is 29.8 Å². The Balaban J connectivity index is 0.00000120. The molecule has 18 heavy (non-hydrogen) atoms. The van der Waals surface area contributed by atoms with Crippen LogP contribution in [0, 0.1) is 6.92 Å². The molecule has 0 saturated carbocycles. The van der Waals surface area contributed by atoms with Crippen molar-refractivity contribution in [2.24, 2.45) is 0 Å². The van der Waals surface area contributed by atoms with E-state index in [9.17, 15) is 0 Å². The van der Waals surface area contributed by atoms with Crippen molar-refractivity contribution in [3.8, 4) is 11.3 Å². The highest BCUT2D eigenvalue weighted by atomic mass is 35.5. The van der Waals surface area contributed by atoms with E-state index in [1.54, 1.807) is 17.4 Å². The summed E-state index contributed by atoms with van der Waals surface area (Å²) in [6, 6.07) is 5.45. The van der Waals surface area contributed by atoms with Crippen LogP contribution in [0.1, 0.15) is 5.69 Å². The van der Waals surface area contributed by atoms with Crippen molar-refractivity contribution in [2.45, 2.75) is 6.92 Å². The zero-order valence-electron chi connectivity index (χ0n) is 9.35. The van der Waals surface area contributed by atoms with Gasteiger partial charge in [-0.2, -0.15) is 0 Å². The van der Waals surface area contributed by atoms with Crippen LogP contribution in [0.5, 0.6) is 0 Å². The highest BCUT2D eigenvalue weighted by Crippen LogP contribution is 2.31. The first kappa shape index (κ1) is 13.7. The van der Waals surface area contributed by atoms with Crippen LogP contribution in [-0.2, 0) is 0 Å². The zero-order chi connectivity index (χ0) is 12.0. The average Bonchev–Trinajstić information content (AvgIpc) is 2.81. The average molecular weight is 320 g/mol. The van der Waals surface area contributed by atoms with Gasteiger partial charge in [-0.05, 0) is 25.1 Å². The van der Waals surface area contributed by atoms with E-state index in [0.717, 1.165) is 16.2 Å². The van der Waals surface area contributed by atoms with Gasteiger partial charge in [0.15, 0.2) is 4.96 Å². The number of rotatable bonds is 1. The van der Waals surface area contributed by atoms with Crippen molar-refractivity contribution in [3.63, 3.8) is 0 Å². The standard InChI is InChI=1S/C12H8Cl2N2S.ClH/c1-7-6-17-12-15-11(5-16(7)12)9-3-2-8(13)4-10(9)14;/h2-6H,1H3;1H. The first-order valence-electron chi connectivity index (χ1n) is 5.04. The fourth-order valence-electron chi connectivity index (χ4n) is 1.72. The molecule has 94 valence electrons. The molecule has 2 aromatic heterocycles. The summed E-state index contributed by atoms with van der Waals surface area (Å²) in [4.78, 5) is 5.52. The molecule has 1 aromatic carbocycles. The summed E-state index contributed by atoms with van der Waals surface area (Å²) >= 11 is 13.7. The van der Waals surface area contributed by atoms with Crippen molar-refractivity contribution in [3.05, 3.63) is 45.5 Å². The number of benzene rings is 1. The number of aryl methyl sites for hydroxylation is 1. The van der Waals surface area contributed by atoms with Crippen LogP contribution in [0.3, 0.4) is 0 Å². The van der Waals surface area contributed by atoms with E-state index >= 15 is 0 Å². The molecule has 0 radical (unpaired) electrons. The van der Waals surface area contributed by atoms with E-state index in [-0.39, 0.29) is 12.4 Å². The predicted molar refractivity (Wildman–Crippen MR) is 80.5 cm³/mol. The smallest absolute Gasteiger partial charge is 0.194 e. The van der Waals surface area contributed by atoms with Gasteiger partial charge < -0.3 is 0 Å². The number of hydrogen-bond acceptors (Lipinski definition) is 2. The summed E-state index contributed by atoms with van der Waals surface area (Å²) in [5.41, 5.74) is 2.96. The SMILES string of the molecule is Cc1csc2nc(-c3ccc(Cl)cc3Cl)cn12.Cl. The minimum atomic E-state index is 0. The maximum atomic E-state index is 6.17. The first-order valence-corrected chi connectivity index (χ1v) is 6.67. The summed E-state index contributed by atoms with van der Waals surface area (Å²) in [5, 5.41) is 3.34. The molecule has 0 bridgehead atoms. The molecule has 6 heteroatoms. The molecule has 0 aliphatic carbocycles. The fourth-order valence-corrected chi connectivity index (χ4v) is 3.08. The Morgan fingerprint density at radius 2 is 2.06 bits per heavy atom. The highest BCUT2D eigenvalue weighted by Gasteiger charge is 2.10. The second-order valence-corrected chi connectivity index (χ2v) is 5.46. The van der Waals surface area contributed by atoms with Crippen LogP contribution in [0.4, 0.5) is 0 Å². The first-order chi connectivity index (χ1) is 8.15. The van der Waals surface area contributed by atoms with Crippen molar-refractivity contribution in [2.75, 3.05) is 0 Å². The minimum Gasteiger partial charge on any atom is -0.294 e. The van der Waals surface area contributed by atoms with Gasteiger partial charge in [-0.15, -0.1) is 23.7 Å². The maximum Gasteiger partial charge on any atom is 0.194 e. The van der Waals surface area contributed by atoms with E-state index in [1.807, 2.05) is 18.3 Å². The lowest BCUT2D eigenvalue weighted by atomic mass is 10.2. The van der Waals surface area contributed by atoms with Crippen LogP contribution >= 0.6 is 46.9 Å². The molecule has 3 rings (SSSR count). The van der Waals surface area contributed by atoms with Gasteiger partial charge in [0, 0.05) is 27.9 Å². The molecular formula is C12H9Cl3N2S. The van der Waals surface area contributed by atoms with Crippen LogP contribution in [0.25, 0.3) is 16.2 Å². The molecular weight excluding hydrogens is 311 g/mol. The van der Waals surface area contributed by atoms with Crippen molar-refractivity contribution >= 4 is 51.9 Å². The maximum absolute atomic E-state index is 6.17. The minimum absolute atomic E-state index is 0. The van der Waals surface area contributed by atoms with Gasteiger partial charge in [-0.25, -0.2) is 4.98 Å². The molecule has 0 aliphatic rings. The molecule has 2 heterocycles. The molecule has 0 atom stereocenters. The Labute approximate surface area is 125 Å². The van der Waals surface area contributed by atoms with Gasteiger partial charge >= 0.3 is 0 Å².